The lowest BCUT2D eigenvalue weighted by Gasteiger charge is -2.16. The maximum Gasteiger partial charge on any atom is 0.0485 e. The second kappa shape index (κ2) is 4.48. The lowest BCUT2D eigenvalue weighted by atomic mass is 10.1. The van der Waals surface area contributed by atoms with Crippen LogP contribution in [0.25, 0.3) is 10.9 Å². The van der Waals surface area contributed by atoms with Crippen molar-refractivity contribution >= 4 is 23.3 Å². The summed E-state index contributed by atoms with van der Waals surface area (Å²) in [5.74, 6) is 0. The highest BCUT2D eigenvalue weighted by molar-refractivity contribution is 5.86. The number of fused-ring (bicyclic) bond motifs is 3. The van der Waals surface area contributed by atoms with E-state index in [9.17, 15) is 0 Å². The van der Waals surface area contributed by atoms with Crippen molar-refractivity contribution < 1.29 is 0 Å². The molecule has 0 saturated carbocycles. The van der Waals surface area contributed by atoms with Gasteiger partial charge in [-0.25, -0.2) is 0 Å². The van der Waals surface area contributed by atoms with Crippen molar-refractivity contribution in [2.24, 2.45) is 0 Å². The van der Waals surface area contributed by atoms with Gasteiger partial charge in [-0.05, 0) is 31.5 Å². The van der Waals surface area contributed by atoms with Crippen LogP contribution in [-0.2, 0) is 19.5 Å². The molecule has 0 unspecified atom stereocenters. The molecule has 3 rings (SSSR count). The van der Waals surface area contributed by atoms with Crippen LogP contribution in [0.15, 0.2) is 24.3 Å². The number of aromatic nitrogens is 1. The SMILES string of the molecule is CCn1c2c(c3ccccc31)CCNC2.Cl. The van der Waals surface area contributed by atoms with Crippen LogP contribution >= 0.6 is 12.4 Å². The van der Waals surface area contributed by atoms with E-state index in [1.807, 2.05) is 0 Å². The van der Waals surface area contributed by atoms with Gasteiger partial charge >= 0.3 is 0 Å². The fourth-order valence-corrected chi connectivity index (χ4v) is 2.69. The number of nitrogens with zero attached hydrogens (tertiary/aromatic N) is 1. The molecule has 0 amide bonds. The molecule has 86 valence electrons. The number of benzene rings is 1. The highest BCUT2D eigenvalue weighted by Gasteiger charge is 2.17. The van der Waals surface area contributed by atoms with Gasteiger partial charge < -0.3 is 9.88 Å². The second-order valence-electron chi connectivity index (χ2n) is 4.11. The van der Waals surface area contributed by atoms with Gasteiger partial charge in [0.2, 0.25) is 0 Å². The minimum absolute atomic E-state index is 0. The fourth-order valence-electron chi connectivity index (χ4n) is 2.69. The summed E-state index contributed by atoms with van der Waals surface area (Å²) in [6, 6.07) is 8.76. The van der Waals surface area contributed by atoms with Crippen molar-refractivity contribution in [2.75, 3.05) is 6.54 Å². The largest absolute Gasteiger partial charge is 0.343 e. The zero-order valence-corrected chi connectivity index (χ0v) is 10.3. The fraction of sp³-hybridized carbons (Fsp3) is 0.385. The Morgan fingerprint density at radius 2 is 2.12 bits per heavy atom. The Labute approximate surface area is 102 Å². The number of hydrogen-bond acceptors (Lipinski definition) is 1. The molecule has 2 heterocycles. The highest BCUT2D eigenvalue weighted by Crippen LogP contribution is 2.28. The maximum absolute atomic E-state index is 3.46. The summed E-state index contributed by atoms with van der Waals surface area (Å²) in [5, 5.41) is 4.91. The van der Waals surface area contributed by atoms with Gasteiger partial charge in [0.05, 0.1) is 0 Å². The van der Waals surface area contributed by atoms with Crippen molar-refractivity contribution in [3.8, 4) is 0 Å². The van der Waals surface area contributed by atoms with Gasteiger partial charge in [0.15, 0.2) is 0 Å². The van der Waals surface area contributed by atoms with Gasteiger partial charge in [-0.3, -0.25) is 0 Å². The van der Waals surface area contributed by atoms with Crippen molar-refractivity contribution in [3.63, 3.8) is 0 Å². The Balaban J connectivity index is 0.000000963. The minimum atomic E-state index is 0. The van der Waals surface area contributed by atoms with Crippen LogP contribution in [0.1, 0.15) is 18.2 Å². The highest BCUT2D eigenvalue weighted by atomic mass is 35.5. The Bertz CT molecular complexity index is 469. The molecular weight excluding hydrogens is 220 g/mol. The van der Waals surface area contributed by atoms with E-state index in [4.69, 9.17) is 0 Å². The van der Waals surface area contributed by atoms with Gasteiger partial charge in [-0.2, -0.15) is 0 Å². The zero-order chi connectivity index (χ0) is 10.3. The third-order valence-electron chi connectivity index (χ3n) is 3.35. The van der Waals surface area contributed by atoms with Crippen molar-refractivity contribution in [1.82, 2.24) is 9.88 Å². The molecule has 2 aromatic rings. The first-order valence-corrected chi connectivity index (χ1v) is 5.71. The van der Waals surface area contributed by atoms with E-state index in [0.717, 1.165) is 19.6 Å². The molecule has 0 saturated heterocycles. The number of rotatable bonds is 1. The summed E-state index contributed by atoms with van der Waals surface area (Å²) in [5.41, 5.74) is 4.45. The molecule has 1 N–H and O–H groups in total. The Kier molecular flexibility index (Phi) is 3.22. The summed E-state index contributed by atoms with van der Waals surface area (Å²) < 4.78 is 2.44. The molecule has 0 bridgehead atoms. The predicted octanol–water partition coefficient (Wildman–Crippen LogP) is 2.73. The first-order chi connectivity index (χ1) is 7.42. The number of hydrogen-bond donors (Lipinski definition) is 1. The summed E-state index contributed by atoms with van der Waals surface area (Å²) in [6.45, 7) is 5.43. The molecule has 2 nitrogen and oxygen atoms in total. The molecule has 3 heteroatoms. The third-order valence-corrected chi connectivity index (χ3v) is 3.35. The lowest BCUT2D eigenvalue weighted by molar-refractivity contribution is 0.597. The number of nitrogens with one attached hydrogen (secondary N) is 1. The molecular formula is C13H17ClN2. The van der Waals surface area contributed by atoms with Crippen LogP contribution < -0.4 is 5.32 Å². The quantitative estimate of drug-likeness (QED) is 0.806. The average molecular weight is 237 g/mol. The average Bonchev–Trinajstić information content (AvgIpc) is 2.63. The van der Waals surface area contributed by atoms with Gasteiger partial charge in [0, 0.05) is 29.7 Å². The van der Waals surface area contributed by atoms with E-state index in [1.165, 1.54) is 23.0 Å². The van der Waals surface area contributed by atoms with E-state index in [2.05, 4.69) is 41.1 Å². The van der Waals surface area contributed by atoms with E-state index >= 15 is 0 Å². The molecule has 1 aromatic heterocycles. The summed E-state index contributed by atoms with van der Waals surface area (Å²) in [6.07, 6.45) is 1.17. The van der Waals surface area contributed by atoms with E-state index < -0.39 is 0 Å². The lowest BCUT2D eigenvalue weighted by Crippen LogP contribution is -2.24. The minimum Gasteiger partial charge on any atom is -0.343 e. The summed E-state index contributed by atoms with van der Waals surface area (Å²) >= 11 is 0. The molecule has 0 aliphatic carbocycles. The van der Waals surface area contributed by atoms with Crippen molar-refractivity contribution in [2.45, 2.75) is 26.4 Å². The maximum atomic E-state index is 3.46. The Morgan fingerprint density at radius 3 is 2.94 bits per heavy atom. The standard InChI is InChI=1S/C13H16N2.ClH/c1-2-15-12-6-4-3-5-10(12)11-7-8-14-9-13(11)15;/h3-6,14H,2,7-9H2,1H3;1H. The van der Waals surface area contributed by atoms with Crippen LogP contribution in [0.5, 0.6) is 0 Å². The van der Waals surface area contributed by atoms with Gasteiger partial charge in [-0.1, -0.05) is 18.2 Å². The third kappa shape index (κ3) is 1.53. The monoisotopic (exact) mass is 236 g/mol. The van der Waals surface area contributed by atoms with Gasteiger partial charge in [0.25, 0.3) is 0 Å². The topological polar surface area (TPSA) is 17.0 Å². The van der Waals surface area contributed by atoms with Crippen molar-refractivity contribution in [3.05, 3.63) is 35.5 Å². The van der Waals surface area contributed by atoms with Crippen LogP contribution in [0.2, 0.25) is 0 Å². The molecule has 1 aliphatic heterocycles. The van der Waals surface area contributed by atoms with Crippen LogP contribution in [-0.4, -0.2) is 11.1 Å². The predicted molar refractivity (Wildman–Crippen MR) is 70.3 cm³/mol. The molecule has 1 aliphatic rings. The normalized spacial score (nSPS) is 14.6. The number of aryl methyl sites for hydroxylation is 1. The number of halogens is 1. The number of para-hydroxylation sites is 1. The van der Waals surface area contributed by atoms with Crippen LogP contribution in [0.3, 0.4) is 0 Å². The second-order valence-corrected chi connectivity index (χ2v) is 4.11. The smallest absolute Gasteiger partial charge is 0.0485 e. The van der Waals surface area contributed by atoms with E-state index in [1.54, 1.807) is 5.56 Å². The Hall–Kier alpha value is -0.990. The van der Waals surface area contributed by atoms with Gasteiger partial charge in [-0.15, -0.1) is 12.4 Å². The van der Waals surface area contributed by atoms with Gasteiger partial charge in [0.1, 0.15) is 0 Å². The molecule has 0 radical (unpaired) electrons. The van der Waals surface area contributed by atoms with Crippen molar-refractivity contribution in [1.29, 1.82) is 0 Å². The summed E-state index contributed by atoms with van der Waals surface area (Å²) in [7, 11) is 0. The van der Waals surface area contributed by atoms with Crippen LogP contribution in [0, 0.1) is 0 Å². The molecule has 0 spiro atoms. The Morgan fingerprint density at radius 1 is 1.31 bits per heavy atom. The molecule has 1 aromatic carbocycles. The first-order valence-electron chi connectivity index (χ1n) is 5.71. The van der Waals surface area contributed by atoms with E-state index in [0.29, 0.717) is 0 Å². The van der Waals surface area contributed by atoms with E-state index in [-0.39, 0.29) is 12.4 Å². The molecule has 0 fully saturated rings. The first kappa shape index (κ1) is 11.5. The molecule has 0 atom stereocenters. The summed E-state index contributed by atoms with van der Waals surface area (Å²) in [4.78, 5) is 0. The molecule has 16 heavy (non-hydrogen) atoms. The zero-order valence-electron chi connectivity index (χ0n) is 9.49. The van der Waals surface area contributed by atoms with Crippen LogP contribution in [0.4, 0.5) is 0 Å².